The van der Waals surface area contributed by atoms with E-state index in [-0.39, 0.29) is 6.04 Å². The minimum atomic E-state index is 0.137. The standard InChI is InChI=1S/C12H21N3O/c1-4-16-12-7-5-6-11(15-12)14-8-10(13)9(2)3/h5-7,9-10H,4,8,13H2,1-3H3,(H,14,15). The fourth-order valence-electron chi connectivity index (χ4n) is 1.20. The van der Waals surface area contributed by atoms with Gasteiger partial charge in [0, 0.05) is 18.7 Å². The molecule has 0 aromatic carbocycles. The van der Waals surface area contributed by atoms with Crippen LogP contribution in [0, 0.1) is 5.92 Å². The number of rotatable bonds is 6. The van der Waals surface area contributed by atoms with E-state index in [0.29, 0.717) is 18.4 Å². The van der Waals surface area contributed by atoms with Crippen molar-refractivity contribution in [3.05, 3.63) is 18.2 Å². The van der Waals surface area contributed by atoms with E-state index >= 15 is 0 Å². The van der Waals surface area contributed by atoms with E-state index in [2.05, 4.69) is 24.1 Å². The van der Waals surface area contributed by atoms with Crippen molar-refractivity contribution in [1.29, 1.82) is 0 Å². The monoisotopic (exact) mass is 223 g/mol. The predicted molar refractivity (Wildman–Crippen MR) is 66.7 cm³/mol. The molecule has 16 heavy (non-hydrogen) atoms. The molecule has 0 aliphatic heterocycles. The number of nitrogens with one attached hydrogen (secondary N) is 1. The second kappa shape index (κ2) is 6.33. The van der Waals surface area contributed by atoms with E-state index in [1.54, 1.807) is 0 Å². The van der Waals surface area contributed by atoms with Crippen LogP contribution in [0.5, 0.6) is 5.88 Å². The summed E-state index contributed by atoms with van der Waals surface area (Å²) < 4.78 is 5.32. The van der Waals surface area contributed by atoms with Gasteiger partial charge < -0.3 is 15.8 Å². The molecule has 1 heterocycles. The zero-order chi connectivity index (χ0) is 12.0. The Morgan fingerprint density at radius 3 is 2.81 bits per heavy atom. The molecular weight excluding hydrogens is 202 g/mol. The van der Waals surface area contributed by atoms with E-state index in [1.807, 2.05) is 25.1 Å². The third-order valence-corrected chi connectivity index (χ3v) is 2.39. The molecule has 1 unspecified atom stereocenters. The fourth-order valence-corrected chi connectivity index (χ4v) is 1.20. The first-order chi connectivity index (χ1) is 7.63. The first kappa shape index (κ1) is 12.8. The van der Waals surface area contributed by atoms with Crippen LogP contribution in [0.3, 0.4) is 0 Å². The van der Waals surface area contributed by atoms with Crippen molar-refractivity contribution in [3.8, 4) is 5.88 Å². The predicted octanol–water partition coefficient (Wildman–Crippen LogP) is 1.88. The normalized spacial score (nSPS) is 12.6. The van der Waals surface area contributed by atoms with E-state index in [9.17, 15) is 0 Å². The van der Waals surface area contributed by atoms with Gasteiger partial charge >= 0.3 is 0 Å². The van der Waals surface area contributed by atoms with Crippen molar-refractivity contribution in [2.75, 3.05) is 18.5 Å². The van der Waals surface area contributed by atoms with Crippen LogP contribution in [-0.2, 0) is 0 Å². The van der Waals surface area contributed by atoms with Crippen LogP contribution in [0.15, 0.2) is 18.2 Å². The molecule has 0 aliphatic rings. The molecule has 3 N–H and O–H groups in total. The van der Waals surface area contributed by atoms with Crippen molar-refractivity contribution < 1.29 is 4.74 Å². The average Bonchev–Trinajstić information content (AvgIpc) is 2.26. The lowest BCUT2D eigenvalue weighted by molar-refractivity contribution is 0.327. The van der Waals surface area contributed by atoms with Crippen molar-refractivity contribution >= 4 is 5.82 Å². The number of pyridine rings is 1. The number of ether oxygens (including phenoxy) is 1. The van der Waals surface area contributed by atoms with E-state index in [1.165, 1.54) is 0 Å². The third-order valence-electron chi connectivity index (χ3n) is 2.39. The minimum Gasteiger partial charge on any atom is -0.478 e. The maximum absolute atomic E-state index is 5.94. The number of hydrogen-bond donors (Lipinski definition) is 2. The highest BCUT2D eigenvalue weighted by molar-refractivity contribution is 5.37. The van der Waals surface area contributed by atoms with Gasteiger partial charge in [-0.2, -0.15) is 4.98 Å². The van der Waals surface area contributed by atoms with Gasteiger partial charge in [0.25, 0.3) is 0 Å². The Kier molecular flexibility index (Phi) is 5.05. The van der Waals surface area contributed by atoms with Gasteiger partial charge in [-0.3, -0.25) is 0 Å². The molecule has 0 spiro atoms. The summed E-state index contributed by atoms with van der Waals surface area (Å²) in [6, 6.07) is 5.81. The first-order valence-electron chi connectivity index (χ1n) is 5.72. The Morgan fingerprint density at radius 1 is 1.44 bits per heavy atom. The Hall–Kier alpha value is -1.29. The molecule has 0 saturated heterocycles. The maximum atomic E-state index is 5.94. The molecule has 1 aromatic heterocycles. The lowest BCUT2D eigenvalue weighted by atomic mass is 10.1. The van der Waals surface area contributed by atoms with Gasteiger partial charge in [0.05, 0.1) is 6.61 Å². The Bertz CT molecular complexity index is 315. The third kappa shape index (κ3) is 4.06. The molecule has 1 aromatic rings. The molecule has 0 radical (unpaired) electrons. The smallest absolute Gasteiger partial charge is 0.215 e. The topological polar surface area (TPSA) is 60.2 Å². The highest BCUT2D eigenvalue weighted by Crippen LogP contribution is 2.11. The fraction of sp³-hybridized carbons (Fsp3) is 0.583. The number of hydrogen-bond acceptors (Lipinski definition) is 4. The van der Waals surface area contributed by atoms with Crippen LogP contribution in [0.4, 0.5) is 5.82 Å². The summed E-state index contributed by atoms with van der Waals surface area (Å²) in [6.07, 6.45) is 0. The Balaban J connectivity index is 2.50. The zero-order valence-corrected chi connectivity index (χ0v) is 10.2. The van der Waals surface area contributed by atoms with Gasteiger partial charge in [-0.05, 0) is 18.9 Å². The lowest BCUT2D eigenvalue weighted by Gasteiger charge is -2.16. The minimum absolute atomic E-state index is 0.137. The number of nitrogens with two attached hydrogens (primary N) is 1. The zero-order valence-electron chi connectivity index (χ0n) is 10.2. The molecular formula is C12H21N3O. The molecule has 0 aliphatic carbocycles. The molecule has 90 valence electrons. The maximum Gasteiger partial charge on any atom is 0.215 e. The quantitative estimate of drug-likeness (QED) is 0.773. The summed E-state index contributed by atoms with van der Waals surface area (Å²) in [7, 11) is 0. The van der Waals surface area contributed by atoms with Crippen LogP contribution < -0.4 is 15.8 Å². The van der Waals surface area contributed by atoms with Gasteiger partial charge in [0.2, 0.25) is 5.88 Å². The highest BCUT2D eigenvalue weighted by Gasteiger charge is 2.07. The summed E-state index contributed by atoms with van der Waals surface area (Å²) in [5.41, 5.74) is 5.94. The summed E-state index contributed by atoms with van der Waals surface area (Å²) in [5.74, 6) is 1.91. The van der Waals surface area contributed by atoms with Crippen molar-refractivity contribution in [3.63, 3.8) is 0 Å². The second-order valence-electron chi connectivity index (χ2n) is 4.08. The van der Waals surface area contributed by atoms with E-state index in [4.69, 9.17) is 10.5 Å². The molecule has 0 amide bonds. The summed E-state index contributed by atoms with van der Waals surface area (Å²) in [5, 5.41) is 3.21. The van der Waals surface area contributed by atoms with E-state index in [0.717, 1.165) is 12.4 Å². The van der Waals surface area contributed by atoms with Crippen LogP contribution in [0.25, 0.3) is 0 Å². The van der Waals surface area contributed by atoms with Gasteiger partial charge in [0.15, 0.2) is 0 Å². The molecule has 1 atom stereocenters. The summed E-state index contributed by atoms with van der Waals surface area (Å²) >= 11 is 0. The van der Waals surface area contributed by atoms with Crippen molar-refractivity contribution in [1.82, 2.24) is 4.98 Å². The SMILES string of the molecule is CCOc1cccc(NCC(N)C(C)C)n1. The molecule has 4 heteroatoms. The van der Waals surface area contributed by atoms with Crippen LogP contribution in [-0.4, -0.2) is 24.2 Å². The van der Waals surface area contributed by atoms with Gasteiger partial charge in [0.1, 0.15) is 5.82 Å². The van der Waals surface area contributed by atoms with Gasteiger partial charge in [-0.25, -0.2) is 0 Å². The number of aromatic nitrogens is 1. The van der Waals surface area contributed by atoms with Crippen molar-refractivity contribution in [2.24, 2.45) is 11.7 Å². The summed E-state index contributed by atoms with van der Waals surface area (Å²) in [4.78, 5) is 4.30. The van der Waals surface area contributed by atoms with Crippen LogP contribution in [0.2, 0.25) is 0 Å². The molecule has 0 saturated carbocycles. The first-order valence-corrected chi connectivity index (χ1v) is 5.72. The number of anilines is 1. The van der Waals surface area contributed by atoms with Gasteiger partial charge in [-0.1, -0.05) is 19.9 Å². The lowest BCUT2D eigenvalue weighted by Crippen LogP contribution is -2.34. The highest BCUT2D eigenvalue weighted by atomic mass is 16.5. The van der Waals surface area contributed by atoms with E-state index < -0.39 is 0 Å². The largest absolute Gasteiger partial charge is 0.478 e. The average molecular weight is 223 g/mol. The summed E-state index contributed by atoms with van der Waals surface area (Å²) in [6.45, 7) is 7.51. The Labute approximate surface area is 97.2 Å². The van der Waals surface area contributed by atoms with Crippen molar-refractivity contribution in [2.45, 2.75) is 26.8 Å². The molecule has 4 nitrogen and oxygen atoms in total. The van der Waals surface area contributed by atoms with Crippen LogP contribution in [0.1, 0.15) is 20.8 Å². The second-order valence-corrected chi connectivity index (χ2v) is 4.08. The van der Waals surface area contributed by atoms with Gasteiger partial charge in [-0.15, -0.1) is 0 Å². The number of nitrogens with zero attached hydrogens (tertiary/aromatic N) is 1. The molecule has 0 bridgehead atoms. The van der Waals surface area contributed by atoms with Crippen LogP contribution >= 0.6 is 0 Å². The Morgan fingerprint density at radius 2 is 2.19 bits per heavy atom. The molecule has 1 rings (SSSR count). The molecule has 0 fully saturated rings.